The highest BCUT2D eigenvalue weighted by molar-refractivity contribution is 5.74. The Kier molecular flexibility index (Phi) is 4.83. The number of hydrogen-bond acceptors (Lipinski definition) is 1. The number of rotatable bonds is 4. The fourth-order valence-corrected chi connectivity index (χ4v) is 2.67. The summed E-state index contributed by atoms with van der Waals surface area (Å²) in [5.74, 6) is 0. The molecule has 0 radical (unpaired) electrons. The second-order valence-electron chi connectivity index (χ2n) is 5.23. The minimum Gasteiger partial charge on any atom is -0.338 e. The summed E-state index contributed by atoms with van der Waals surface area (Å²) >= 11 is 0. The van der Waals surface area contributed by atoms with Crippen molar-refractivity contribution in [2.45, 2.75) is 52.0 Å². The summed E-state index contributed by atoms with van der Waals surface area (Å²) < 4.78 is 0. The van der Waals surface area contributed by atoms with E-state index < -0.39 is 0 Å². The second kappa shape index (κ2) is 6.60. The summed E-state index contributed by atoms with van der Waals surface area (Å²) in [6.07, 6.45) is 5.34. The molecule has 0 bridgehead atoms. The normalized spacial score (nSPS) is 17.7. The standard InChI is InChI=1S/C16H24N2O/c1-3-10-17-16(19)18-15-7-5-6-13-9-8-12(4-2)11-14(13)15/h8-9,11,15H,3-7,10H2,1-2H3,(H2,17,18,19). The molecule has 0 aliphatic heterocycles. The lowest BCUT2D eigenvalue weighted by atomic mass is 9.86. The van der Waals surface area contributed by atoms with Crippen molar-refractivity contribution in [1.29, 1.82) is 0 Å². The molecular weight excluding hydrogens is 236 g/mol. The van der Waals surface area contributed by atoms with Crippen LogP contribution in [0.15, 0.2) is 18.2 Å². The van der Waals surface area contributed by atoms with Crippen LogP contribution in [0.25, 0.3) is 0 Å². The Labute approximate surface area is 115 Å². The highest BCUT2D eigenvalue weighted by Crippen LogP contribution is 2.30. The number of benzene rings is 1. The molecule has 2 N–H and O–H groups in total. The lowest BCUT2D eigenvalue weighted by Crippen LogP contribution is -2.39. The Balaban J connectivity index is 2.10. The summed E-state index contributed by atoms with van der Waals surface area (Å²) in [4.78, 5) is 11.8. The molecule has 0 fully saturated rings. The monoisotopic (exact) mass is 260 g/mol. The second-order valence-corrected chi connectivity index (χ2v) is 5.23. The van der Waals surface area contributed by atoms with Gasteiger partial charge in [-0.25, -0.2) is 4.79 Å². The first-order chi connectivity index (χ1) is 9.24. The van der Waals surface area contributed by atoms with E-state index in [9.17, 15) is 4.79 Å². The molecule has 1 aromatic carbocycles. The molecule has 0 saturated heterocycles. The van der Waals surface area contributed by atoms with Gasteiger partial charge in [0, 0.05) is 6.54 Å². The summed E-state index contributed by atoms with van der Waals surface area (Å²) in [5.41, 5.74) is 4.06. The van der Waals surface area contributed by atoms with Crippen molar-refractivity contribution in [3.05, 3.63) is 34.9 Å². The quantitative estimate of drug-likeness (QED) is 0.856. The molecule has 0 aromatic heterocycles. The van der Waals surface area contributed by atoms with Crippen LogP contribution in [0.4, 0.5) is 4.79 Å². The van der Waals surface area contributed by atoms with E-state index in [1.165, 1.54) is 16.7 Å². The summed E-state index contributed by atoms with van der Waals surface area (Å²) in [6.45, 7) is 4.96. The summed E-state index contributed by atoms with van der Waals surface area (Å²) in [7, 11) is 0. The van der Waals surface area contributed by atoms with Gasteiger partial charge in [-0.3, -0.25) is 0 Å². The SMILES string of the molecule is CCCNC(=O)NC1CCCc2ccc(CC)cc21. The first kappa shape index (κ1) is 13.9. The van der Waals surface area contributed by atoms with Crippen molar-refractivity contribution in [3.63, 3.8) is 0 Å². The number of aryl methyl sites for hydroxylation is 2. The Hall–Kier alpha value is -1.51. The first-order valence-electron chi connectivity index (χ1n) is 7.40. The molecule has 0 heterocycles. The number of hydrogen-bond donors (Lipinski definition) is 2. The van der Waals surface area contributed by atoms with Gasteiger partial charge in [0.2, 0.25) is 0 Å². The Morgan fingerprint density at radius 3 is 2.95 bits per heavy atom. The fraction of sp³-hybridized carbons (Fsp3) is 0.562. The molecule has 2 rings (SSSR count). The first-order valence-corrected chi connectivity index (χ1v) is 7.40. The van der Waals surface area contributed by atoms with Crippen molar-refractivity contribution in [3.8, 4) is 0 Å². The van der Waals surface area contributed by atoms with E-state index in [-0.39, 0.29) is 12.1 Å². The molecular formula is C16H24N2O. The average molecular weight is 260 g/mol. The topological polar surface area (TPSA) is 41.1 Å². The Morgan fingerprint density at radius 2 is 2.21 bits per heavy atom. The van der Waals surface area contributed by atoms with Gasteiger partial charge in [-0.05, 0) is 48.8 Å². The number of fused-ring (bicyclic) bond motifs is 1. The van der Waals surface area contributed by atoms with Crippen LogP contribution < -0.4 is 10.6 Å². The molecule has 0 spiro atoms. The van der Waals surface area contributed by atoms with E-state index in [2.05, 4.69) is 42.7 Å². The maximum Gasteiger partial charge on any atom is 0.315 e. The van der Waals surface area contributed by atoms with Gasteiger partial charge in [-0.2, -0.15) is 0 Å². The van der Waals surface area contributed by atoms with Crippen molar-refractivity contribution >= 4 is 6.03 Å². The number of carbonyl (C=O) groups is 1. The zero-order chi connectivity index (χ0) is 13.7. The molecule has 1 aliphatic carbocycles. The van der Waals surface area contributed by atoms with E-state index >= 15 is 0 Å². The highest BCUT2D eigenvalue weighted by Gasteiger charge is 2.21. The van der Waals surface area contributed by atoms with Crippen LogP contribution in [-0.4, -0.2) is 12.6 Å². The molecule has 1 aliphatic rings. The Bertz CT molecular complexity index is 442. The summed E-state index contributed by atoms with van der Waals surface area (Å²) in [5, 5.41) is 6.00. The van der Waals surface area contributed by atoms with Gasteiger partial charge in [0.25, 0.3) is 0 Å². The van der Waals surface area contributed by atoms with Gasteiger partial charge in [0.15, 0.2) is 0 Å². The van der Waals surface area contributed by atoms with Gasteiger partial charge in [-0.15, -0.1) is 0 Å². The van der Waals surface area contributed by atoms with E-state index in [0.29, 0.717) is 0 Å². The predicted molar refractivity (Wildman–Crippen MR) is 78.3 cm³/mol. The predicted octanol–water partition coefficient (Wildman–Crippen LogP) is 3.34. The zero-order valence-corrected chi connectivity index (χ0v) is 12.0. The zero-order valence-electron chi connectivity index (χ0n) is 12.0. The van der Waals surface area contributed by atoms with Crippen molar-refractivity contribution in [1.82, 2.24) is 10.6 Å². The third-order valence-corrected chi connectivity index (χ3v) is 3.77. The lowest BCUT2D eigenvalue weighted by Gasteiger charge is -2.27. The van der Waals surface area contributed by atoms with Gasteiger partial charge in [-0.1, -0.05) is 32.0 Å². The van der Waals surface area contributed by atoms with E-state index in [4.69, 9.17) is 0 Å². The van der Waals surface area contributed by atoms with Crippen molar-refractivity contribution in [2.75, 3.05) is 6.54 Å². The third kappa shape index (κ3) is 3.49. The molecule has 0 saturated carbocycles. The number of amides is 2. The molecule has 2 amide bonds. The third-order valence-electron chi connectivity index (χ3n) is 3.77. The minimum absolute atomic E-state index is 0.0402. The minimum atomic E-state index is -0.0402. The Morgan fingerprint density at radius 1 is 1.37 bits per heavy atom. The van der Waals surface area contributed by atoms with E-state index in [0.717, 1.165) is 38.6 Å². The van der Waals surface area contributed by atoms with Crippen LogP contribution in [0, 0.1) is 0 Å². The molecule has 19 heavy (non-hydrogen) atoms. The molecule has 1 aromatic rings. The molecule has 3 heteroatoms. The highest BCUT2D eigenvalue weighted by atomic mass is 16.2. The maximum absolute atomic E-state index is 11.8. The van der Waals surface area contributed by atoms with Crippen LogP contribution >= 0.6 is 0 Å². The van der Waals surface area contributed by atoms with Crippen molar-refractivity contribution < 1.29 is 4.79 Å². The largest absolute Gasteiger partial charge is 0.338 e. The molecule has 1 atom stereocenters. The molecule has 3 nitrogen and oxygen atoms in total. The van der Waals surface area contributed by atoms with Crippen LogP contribution in [0.5, 0.6) is 0 Å². The van der Waals surface area contributed by atoms with Gasteiger partial charge in [0.05, 0.1) is 6.04 Å². The molecule has 1 unspecified atom stereocenters. The summed E-state index contributed by atoms with van der Waals surface area (Å²) in [6, 6.07) is 6.83. The van der Waals surface area contributed by atoms with Crippen LogP contribution in [-0.2, 0) is 12.8 Å². The van der Waals surface area contributed by atoms with Crippen LogP contribution in [0.2, 0.25) is 0 Å². The van der Waals surface area contributed by atoms with Crippen LogP contribution in [0.3, 0.4) is 0 Å². The van der Waals surface area contributed by atoms with E-state index in [1.54, 1.807) is 0 Å². The smallest absolute Gasteiger partial charge is 0.315 e. The van der Waals surface area contributed by atoms with Crippen LogP contribution in [0.1, 0.15) is 55.8 Å². The number of nitrogens with one attached hydrogen (secondary N) is 2. The van der Waals surface area contributed by atoms with E-state index in [1.807, 2.05) is 0 Å². The van der Waals surface area contributed by atoms with Crippen molar-refractivity contribution in [2.24, 2.45) is 0 Å². The lowest BCUT2D eigenvalue weighted by molar-refractivity contribution is 0.235. The fourth-order valence-electron chi connectivity index (χ4n) is 2.67. The van der Waals surface area contributed by atoms with Gasteiger partial charge >= 0.3 is 6.03 Å². The maximum atomic E-state index is 11.8. The van der Waals surface area contributed by atoms with Gasteiger partial charge < -0.3 is 10.6 Å². The number of urea groups is 1. The number of carbonyl (C=O) groups excluding carboxylic acids is 1. The molecule has 104 valence electrons. The van der Waals surface area contributed by atoms with Gasteiger partial charge in [0.1, 0.15) is 0 Å². The average Bonchev–Trinajstić information content (AvgIpc) is 2.45.